The van der Waals surface area contributed by atoms with Crippen LogP contribution in [0.25, 0.3) is 17.5 Å². The molecule has 2 aromatic heterocycles. The number of nitrogens with one attached hydrogen (secondary N) is 2. The summed E-state index contributed by atoms with van der Waals surface area (Å²) in [6.07, 6.45) is 14.7. The number of hydrogen-bond acceptors (Lipinski definition) is 3. The molecule has 0 saturated carbocycles. The molecule has 2 atom stereocenters. The monoisotopic (exact) mass is 407 g/mol. The molecule has 1 aliphatic heterocycles. The first-order chi connectivity index (χ1) is 14.7. The Kier molecular flexibility index (Phi) is 6.58. The van der Waals surface area contributed by atoms with Gasteiger partial charge in [0.15, 0.2) is 0 Å². The van der Waals surface area contributed by atoms with E-state index < -0.39 is 0 Å². The zero-order chi connectivity index (χ0) is 20.9. The maximum atomic E-state index is 10.4. The number of rotatable bonds is 6. The summed E-state index contributed by atoms with van der Waals surface area (Å²) in [5, 5.41) is 10.4. The lowest BCUT2D eigenvalue weighted by molar-refractivity contribution is 0.142. The number of ether oxygens (including phenoxy) is 1. The van der Waals surface area contributed by atoms with Crippen LogP contribution in [0.5, 0.6) is 5.75 Å². The molecule has 5 nitrogen and oxygen atoms in total. The molecule has 2 unspecified atom stereocenters. The van der Waals surface area contributed by atoms with Gasteiger partial charge in [-0.1, -0.05) is 26.2 Å². The maximum absolute atomic E-state index is 10.4. The molecule has 1 aliphatic carbocycles. The molecule has 0 aromatic carbocycles. The Labute approximate surface area is 179 Å². The molecule has 0 saturated heterocycles. The third-order valence-electron chi connectivity index (χ3n) is 6.28. The zero-order valence-corrected chi connectivity index (χ0v) is 18.1. The maximum Gasteiger partial charge on any atom is 0.144 e. The lowest BCUT2D eigenvalue weighted by Crippen LogP contribution is -2.15. The molecule has 4 rings (SSSR count). The Bertz CT molecular complexity index is 934. The number of aromatic nitrogens is 2. The van der Waals surface area contributed by atoms with E-state index in [4.69, 9.17) is 9.73 Å². The van der Waals surface area contributed by atoms with Gasteiger partial charge in [0.1, 0.15) is 5.75 Å². The van der Waals surface area contributed by atoms with E-state index in [2.05, 4.69) is 29.0 Å². The Balaban J connectivity index is 1.69. The summed E-state index contributed by atoms with van der Waals surface area (Å²) in [4.78, 5) is 11.7. The third kappa shape index (κ3) is 4.62. The van der Waals surface area contributed by atoms with Crippen LogP contribution in [0.2, 0.25) is 0 Å². The van der Waals surface area contributed by atoms with E-state index in [-0.39, 0.29) is 6.10 Å². The zero-order valence-electron chi connectivity index (χ0n) is 18.1. The number of aliphatic hydroxyl groups is 1. The first-order valence-corrected chi connectivity index (χ1v) is 11.3. The predicted octanol–water partition coefficient (Wildman–Crippen LogP) is 5.87. The first-order valence-electron chi connectivity index (χ1n) is 11.3. The molecular formula is C25H33N3O2. The number of aliphatic hydroxyl groups excluding tert-OH is 1. The Hall–Kier alpha value is -2.53. The van der Waals surface area contributed by atoms with Gasteiger partial charge in [0.2, 0.25) is 0 Å². The lowest BCUT2D eigenvalue weighted by Gasteiger charge is -2.22. The van der Waals surface area contributed by atoms with Gasteiger partial charge in [0.05, 0.1) is 36.0 Å². The van der Waals surface area contributed by atoms with Gasteiger partial charge < -0.3 is 19.8 Å². The fourth-order valence-electron chi connectivity index (χ4n) is 4.53. The van der Waals surface area contributed by atoms with Crippen LogP contribution in [-0.4, -0.2) is 34.0 Å². The molecule has 2 aliphatic rings. The summed E-state index contributed by atoms with van der Waals surface area (Å²) in [7, 11) is 1.70. The summed E-state index contributed by atoms with van der Waals surface area (Å²) in [5.74, 6) is 1.15. The molecule has 0 fully saturated rings. The molecule has 0 amide bonds. The van der Waals surface area contributed by atoms with Crippen LogP contribution in [0.1, 0.15) is 64.0 Å². The minimum Gasteiger partial charge on any atom is -0.494 e. The van der Waals surface area contributed by atoms with Crippen molar-refractivity contribution in [1.82, 2.24) is 9.97 Å². The highest BCUT2D eigenvalue weighted by Crippen LogP contribution is 2.37. The lowest BCUT2D eigenvalue weighted by atomic mass is 9.85. The van der Waals surface area contributed by atoms with E-state index in [9.17, 15) is 5.11 Å². The molecule has 30 heavy (non-hydrogen) atoms. The summed E-state index contributed by atoms with van der Waals surface area (Å²) in [6, 6.07) is 6.05. The van der Waals surface area contributed by atoms with Crippen molar-refractivity contribution >= 4 is 11.8 Å². The standard InChI is InChI=1S/C25H33N3O2/c1-3-19(29)13-17-9-6-4-5-7-10-18-14-20(17)22(27-18)15-24-25(30-2)16-23(28-24)21-11-8-12-26-21/h8,11-12,14-17,19,26,28-29H,3-7,9-10,13H2,1-2H3. The molecule has 160 valence electrons. The van der Waals surface area contributed by atoms with Gasteiger partial charge >= 0.3 is 0 Å². The van der Waals surface area contributed by atoms with E-state index in [0.29, 0.717) is 5.92 Å². The van der Waals surface area contributed by atoms with Crippen LogP contribution in [0, 0.1) is 5.92 Å². The number of H-pyrrole nitrogens is 2. The number of fused-ring (bicyclic) bond motifs is 1. The Morgan fingerprint density at radius 1 is 1.27 bits per heavy atom. The highest BCUT2D eigenvalue weighted by molar-refractivity contribution is 6.00. The number of methoxy groups -OCH3 is 1. The van der Waals surface area contributed by atoms with Crippen LogP contribution in [0.4, 0.5) is 0 Å². The van der Waals surface area contributed by atoms with E-state index in [1.165, 1.54) is 37.0 Å². The molecular weight excluding hydrogens is 374 g/mol. The summed E-state index contributed by atoms with van der Waals surface area (Å²) in [5.41, 5.74) is 6.41. The van der Waals surface area contributed by atoms with Gasteiger partial charge in [-0.3, -0.25) is 4.99 Å². The molecule has 0 spiro atoms. The fourth-order valence-corrected chi connectivity index (χ4v) is 4.53. The van der Waals surface area contributed by atoms with Gasteiger partial charge in [-0.05, 0) is 67.9 Å². The smallest absolute Gasteiger partial charge is 0.144 e. The van der Waals surface area contributed by atoms with Crippen molar-refractivity contribution in [3.63, 3.8) is 0 Å². The summed E-state index contributed by atoms with van der Waals surface area (Å²) in [6.45, 7) is 2.05. The Morgan fingerprint density at radius 2 is 2.13 bits per heavy atom. The third-order valence-corrected chi connectivity index (χ3v) is 6.28. The predicted molar refractivity (Wildman–Crippen MR) is 123 cm³/mol. The molecule has 2 aromatic rings. The first kappa shape index (κ1) is 20.7. The van der Waals surface area contributed by atoms with Crippen molar-refractivity contribution in [3.05, 3.63) is 47.4 Å². The van der Waals surface area contributed by atoms with Crippen LogP contribution in [0.3, 0.4) is 0 Å². The van der Waals surface area contributed by atoms with Crippen molar-refractivity contribution in [2.24, 2.45) is 10.9 Å². The highest BCUT2D eigenvalue weighted by Gasteiger charge is 2.26. The second-order valence-electron chi connectivity index (χ2n) is 8.43. The number of hydrogen-bond donors (Lipinski definition) is 3. The summed E-state index contributed by atoms with van der Waals surface area (Å²) < 4.78 is 5.65. The molecule has 2 bridgehead atoms. The largest absolute Gasteiger partial charge is 0.494 e. The average Bonchev–Trinajstić information content (AvgIpc) is 3.49. The molecule has 5 heteroatoms. The van der Waals surface area contributed by atoms with E-state index in [1.54, 1.807) is 7.11 Å². The summed E-state index contributed by atoms with van der Waals surface area (Å²) >= 11 is 0. The SMILES string of the molecule is CCC(O)CC1CCCCCCC2=NC(=Cc3[nH]c(-c4ccc[nH]4)cc3OC)C1=C2. The van der Waals surface area contributed by atoms with Crippen molar-refractivity contribution < 1.29 is 9.84 Å². The second-order valence-corrected chi connectivity index (χ2v) is 8.43. The molecule has 3 N–H and O–H groups in total. The van der Waals surface area contributed by atoms with E-state index >= 15 is 0 Å². The van der Waals surface area contributed by atoms with Crippen molar-refractivity contribution in [3.8, 4) is 17.1 Å². The van der Waals surface area contributed by atoms with Gasteiger partial charge in [-0.15, -0.1) is 0 Å². The van der Waals surface area contributed by atoms with Gasteiger partial charge in [0, 0.05) is 18.0 Å². The minimum absolute atomic E-state index is 0.261. The van der Waals surface area contributed by atoms with Crippen LogP contribution in [-0.2, 0) is 0 Å². The number of nitrogens with zero attached hydrogens (tertiary/aromatic N) is 1. The number of aromatic amines is 2. The van der Waals surface area contributed by atoms with E-state index in [0.717, 1.165) is 54.2 Å². The van der Waals surface area contributed by atoms with Crippen molar-refractivity contribution in [2.45, 2.75) is 64.4 Å². The quantitative estimate of drug-likeness (QED) is 0.560. The van der Waals surface area contributed by atoms with Crippen LogP contribution in [0.15, 0.2) is 46.7 Å². The number of allylic oxidation sites excluding steroid dienone is 2. The highest BCUT2D eigenvalue weighted by atomic mass is 16.5. The molecule has 3 heterocycles. The topological polar surface area (TPSA) is 73.4 Å². The van der Waals surface area contributed by atoms with Crippen molar-refractivity contribution in [1.29, 1.82) is 0 Å². The van der Waals surface area contributed by atoms with Gasteiger partial charge in [-0.25, -0.2) is 0 Å². The fraction of sp³-hybridized carbons (Fsp3) is 0.480. The van der Waals surface area contributed by atoms with Gasteiger partial charge in [-0.2, -0.15) is 0 Å². The van der Waals surface area contributed by atoms with Gasteiger partial charge in [0.25, 0.3) is 0 Å². The van der Waals surface area contributed by atoms with Crippen LogP contribution >= 0.6 is 0 Å². The molecule has 0 radical (unpaired) electrons. The number of aliphatic imine (C=N–C) groups is 1. The Morgan fingerprint density at radius 3 is 2.90 bits per heavy atom. The minimum atomic E-state index is -0.261. The average molecular weight is 408 g/mol. The van der Waals surface area contributed by atoms with Crippen molar-refractivity contribution in [2.75, 3.05) is 7.11 Å². The van der Waals surface area contributed by atoms with E-state index in [1.807, 2.05) is 24.4 Å². The second kappa shape index (κ2) is 9.52. The normalized spacial score (nSPS) is 22.0. The van der Waals surface area contributed by atoms with Crippen LogP contribution < -0.4 is 4.74 Å².